The maximum Gasteiger partial charge on any atom is 0.140 e. The molecule has 0 spiro atoms. The van der Waals surface area contributed by atoms with E-state index < -0.39 is 0 Å². The van der Waals surface area contributed by atoms with Gasteiger partial charge in [-0.25, -0.2) is 0 Å². The Morgan fingerprint density at radius 2 is 1.95 bits per heavy atom. The molecule has 0 saturated carbocycles. The number of fused-ring (bicyclic) bond motifs is 1. The average Bonchev–Trinajstić information content (AvgIpc) is 2.74. The molecule has 2 aromatic carbocycles. The maximum absolute atomic E-state index is 9.31. The van der Waals surface area contributed by atoms with Gasteiger partial charge in [0.25, 0.3) is 0 Å². The minimum Gasteiger partial charge on any atom is -0.496 e. The zero-order valence-electron chi connectivity index (χ0n) is 12.7. The third-order valence-corrected chi connectivity index (χ3v) is 3.96. The summed E-state index contributed by atoms with van der Waals surface area (Å²) in [5.41, 5.74) is 2.18. The summed E-state index contributed by atoms with van der Waals surface area (Å²) in [6, 6.07) is 16.0. The minimum atomic E-state index is -0.119. The molecule has 4 heteroatoms. The van der Waals surface area contributed by atoms with Crippen LogP contribution < -0.4 is 9.47 Å². The quantitative estimate of drug-likeness (QED) is 0.942. The van der Waals surface area contributed by atoms with Crippen LogP contribution in [0.5, 0.6) is 11.5 Å². The molecule has 0 fully saturated rings. The Labute approximate surface area is 130 Å². The fourth-order valence-electron chi connectivity index (χ4n) is 2.89. The Morgan fingerprint density at radius 1 is 1.18 bits per heavy atom. The van der Waals surface area contributed by atoms with Gasteiger partial charge in [0.2, 0.25) is 0 Å². The molecule has 1 heterocycles. The molecule has 4 nitrogen and oxygen atoms in total. The maximum atomic E-state index is 9.31. The van der Waals surface area contributed by atoms with Gasteiger partial charge in [-0.3, -0.25) is 4.90 Å². The van der Waals surface area contributed by atoms with E-state index in [1.807, 2.05) is 42.5 Å². The first-order chi connectivity index (χ1) is 10.8. The van der Waals surface area contributed by atoms with Gasteiger partial charge in [0.05, 0.1) is 13.7 Å². The Bertz CT molecular complexity index is 629. The predicted octanol–water partition coefficient (Wildman–Crippen LogP) is 2.62. The summed E-state index contributed by atoms with van der Waals surface area (Å²) in [7, 11) is 1.68. The van der Waals surface area contributed by atoms with Crippen LogP contribution in [0, 0.1) is 0 Å². The SMILES string of the molecule is COc1ccccc1C1CN(CCO)Cc2ccccc2O1. The summed E-state index contributed by atoms with van der Waals surface area (Å²) < 4.78 is 11.7. The monoisotopic (exact) mass is 299 g/mol. The van der Waals surface area contributed by atoms with Crippen LogP contribution in [0.4, 0.5) is 0 Å². The van der Waals surface area contributed by atoms with Crippen LogP contribution in [0.15, 0.2) is 48.5 Å². The van der Waals surface area contributed by atoms with Crippen molar-refractivity contribution in [2.45, 2.75) is 12.6 Å². The molecule has 3 rings (SSSR count). The molecule has 1 aliphatic rings. The van der Waals surface area contributed by atoms with Crippen LogP contribution in [0.3, 0.4) is 0 Å². The Kier molecular flexibility index (Phi) is 4.61. The first-order valence-corrected chi connectivity index (χ1v) is 7.52. The first-order valence-electron chi connectivity index (χ1n) is 7.52. The number of nitrogens with zero attached hydrogens (tertiary/aromatic N) is 1. The second kappa shape index (κ2) is 6.81. The van der Waals surface area contributed by atoms with Crippen LogP contribution in [0.25, 0.3) is 0 Å². The third-order valence-electron chi connectivity index (χ3n) is 3.96. The van der Waals surface area contributed by atoms with Gasteiger partial charge >= 0.3 is 0 Å². The zero-order valence-corrected chi connectivity index (χ0v) is 12.7. The number of aliphatic hydroxyl groups is 1. The number of para-hydroxylation sites is 2. The number of methoxy groups -OCH3 is 1. The number of ether oxygens (including phenoxy) is 2. The Morgan fingerprint density at radius 3 is 2.77 bits per heavy atom. The third kappa shape index (κ3) is 3.08. The molecule has 1 aliphatic heterocycles. The van der Waals surface area contributed by atoms with E-state index in [1.54, 1.807) is 7.11 Å². The Hall–Kier alpha value is -2.04. The van der Waals surface area contributed by atoms with Gasteiger partial charge < -0.3 is 14.6 Å². The summed E-state index contributed by atoms with van der Waals surface area (Å²) >= 11 is 0. The van der Waals surface area contributed by atoms with E-state index in [4.69, 9.17) is 9.47 Å². The molecule has 116 valence electrons. The molecule has 2 aromatic rings. The first kappa shape index (κ1) is 14.9. The number of benzene rings is 2. The summed E-state index contributed by atoms with van der Waals surface area (Å²) in [4.78, 5) is 2.21. The summed E-state index contributed by atoms with van der Waals surface area (Å²) in [6.45, 7) is 2.27. The van der Waals surface area contributed by atoms with E-state index in [1.165, 1.54) is 0 Å². The van der Waals surface area contributed by atoms with Crippen LogP contribution >= 0.6 is 0 Å². The van der Waals surface area contributed by atoms with Crippen molar-refractivity contribution >= 4 is 0 Å². The largest absolute Gasteiger partial charge is 0.496 e. The second-order valence-corrected chi connectivity index (χ2v) is 5.41. The smallest absolute Gasteiger partial charge is 0.140 e. The minimum absolute atomic E-state index is 0.119. The van der Waals surface area contributed by atoms with Gasteiger partial charge in [0.15, 0.2) is 0 Å². The molecule has 0 radical (unpaired) electrons. The average molecular weight is 299 g/mol. The molecule has 22 heavy (non-hydrogen) atoms. The summed E-state index contributed by atoms with van der Waals surface area (Å²) in [5, 5.41) is 9.31. The second-order valence-electron chi connectivity index (χ2n) is 5.41. The van der Waals surface area contributed by atoms with Crippen molar-refractivity contribution in [3.05, 3.63) is 59.7 Å². The number of hydrogen-bond donors (Lipinski definition) is 1. The number of aliphatic hydroxyl groups excluding tert-OH is 1. The van der Waals surface area contributed by atoms with Crippen molar-refractivity contribution < 1.29 is 14.6 Å². The van der Waals surface area contributed by atoms with Crippen molar-refractivity contribution in [2.24, 2.45) is 0 Å². The molecule has 0 saturated heterocycles. The van der Waals surface area contributed by atoms with E-state index in [2.05, 4.69) is 11.0 Å². The zero-order chi connectivity index (χ0) is 15.4. The van der Waals surface area contributed by atoms with E-state index in [0.717, 1.165) is 35.7 Å². The van der Waals surface area contributed by atoms with Crippen molar-refractivity contribution in [2.75, 3.05) is 26.8 Å². The van der Waals surface area contributed by atoms with Crippen LogP contribution in [-0.4, -0.2) is 36.8 Å². The van der Waals surface area contributed by atoms with Crippen LogP contribution in [0.2, 0.25) is 0 Å². The highest BCUT2D eigenvalue weighted by atomic mass is 16.5. The molecule has 1 atom stereocenters. The molecular formula is C18H21NO3. The van der Waals surface area contributed by atoms with Crippen molar-refractivity contribution in [1.82, 2.24) is 4.90 Å². The highest BCUT2D eigenvalue weighted by Crippen LogP contribution is 2.34. The molecule has 0 amide bonds. The standard InChI is InChI=1S/C18H21NO3/c1-21-17-9-5-3-7-15(17)18-13-19(10-11-20)12-14-6-2-4-8-16(14)22-18/h2-9,18,20H,10-13H2,1H3. The predicted molar refractivity (Wildman–Crippen MR) is 85.2 cm³/mol. The highest BCUT2D eigenvalue weighted by molar-refractivity contribution is 5.39. The number of rotatable bonds is 4. The fourth-order valence-corrected chi connectivity index (χ4v) is 2.89. The molecule has 1 N–H and O–H groups in total. The lowest BCUT2D eigenvalue weighted by Crippen LogP contribution is -2.30. The van der Waals surface area contributed by atoms with Crippen LogP contribution in [-0.2, 0) is 6.54 Å². The van der Waals surface area contributed by atoms with Gasteiger partial charge in [-0.1, -0.05) is 36.4 Å². The Balaban J connectivity index is 1.96. The lowest BCUT2D eigenvalue weighted by Gasteiger charge is -2.24. The van der Waals surface area contributed by atoms with Gasteiger partial charge in [-0.05, 0) is 12.1 Å². The summed E-state index contributed by atoms with van der Waals surface area (Å²) in [6.07, 6.45) is -0.119. The normalized spacial score (nSPS) is 18.2. The molecular weight excluding hydrogens is 278 g/mol. The number of hydrogen-bond acceptors (Lipinski definition) is 4. The topological polar surface area (TPSA) is 41.9 Å². The van der Waals surface area contributed by atoms with E-state index in [9.17, 15) is 5.11 Å². The van der Waals surface area contributed by atoms with Crippen molar-refractivity contribution in [3.63, 3.8) is 0 Å². The lowest BCUT2D eigenvalue weighted by atomic mass is 10.1. The molecule has 0 bridgehead atoms. The van der Waals surface area contributed by atoms with Gasteiger partial charge in [0, 0.05) is 30.8 Å². The molecule has 1 unspecified atom stereocenters. The van der Waals surface area contributed by atoms with E-state index in [-0.39, 0.29) is 12.7 Å². The van der Waals surface area contributed by atoms with Crippen LogP contribution in [0.1, 0.15) is 17.2 Å². The summed E-state index contributed by atoms with van der Waals surface area (Å²) in [5.74, 6) is 1.73. The van der Waals surface area contributed by atoms with E-state index >= 15 is 0 Å². The van der Waals surface area contributed by atoms with Gasteiger partial charge in [0.1, 0.15) is 17.6 Å². The number of β-amino-alcohol motifs (C(OH)–C–C–N with tert-alkyl or cyclic N) is 1. The van der Waals surface area contributed by atoms with Crippen molar-refractivity contribution in [1.29, 1.82) is 0 Å². The van der Waals surface area contributed by atoms with Crippen molar-refractivity contribution in [3.8, 4) is 11.5 Å². The highest BCUT2D eigenvalue weighted by Gasteiger charge is 2.25. The lowest BCUT2D eigenvalue weighted by molar-refractivity contribution is 0.127. The molecule has 0 aromatic heterocycles. The van der Waals surface area contributed by atoms with Gasteiger partial charge in [-0.2, -0.15) is 0 Å². The van der Waals surface area contributed by atoms with Gasteiger partial charge in [-0.15, -0.1) is 0 Å². The fraction of sp³-hybridized carbons (Fsp3) is 0.333. The van der Waals surface area contributed by atoms with E-state index in [0.29, 0.717) is 6.54 Å². The molecule has 0 aliphatic carbocycles.